The molecule has 2 aromatic rings. The highest BCUT2D eigenvalue weighted by molar-refractivity contribution is 6.31. The molecular formula is C19H21ClN2O3. The number of benzene rings is 1. The summed E-state index contributed by atoms with van der Waals surface area (Å²) in [5.74, 6) is -0.127. The largest absolute Gasteiger partial charge is 0.379 e. The summed E-state index contributed by atoms with van der Waals surface area (Å²) >= 11 is 6.03. The van der Waals surface area contributed by atoms with Crippen LogP contribution in [0.25, 0.3) is 0 Å². The maximum atomic E-state index is 12.5. The number of carbonyl (C=O) groups is 1. The fourth-order valence-corrected chi connectivity index (χ4v) is 2.87. The molecule has 1 N–H and O–H groups in total. The second kappa shape index (κ2) is 8.43. The van der Waals surface area contributed by atoms with Crippen LogP contribution >= 0.6 is 11.6 Å². The predicted octanol–water partition coefficient (Wildman–Crippen LogP) is 3.15. The molecule has 5 nitrogen and oxygen atoms in total. The fourth-order valence-electron chi connectivity index (χ4n) is 2.75. The van der Waals surface area contributed by atoms with Gasteiger partial charge in [-0.1, -0.05) is 17.7 Å². The number of hydrogen-bond donors (Lipinski definition) is 1. The van der Waals surface area contributed by atoms with Crippen molar-refractivity contribution >= 4 is 17.5 Å². The van der Waals surface area contributed by atoms with Crippen LogP contribution < -0.4 is 5.32 Å². The van der Waals surface area contributed by atoms with Gasteiger partial charge in [-0.3, -0.25) is 9.78 Å². The smallest absolute Gasteiger partial charge is 0.251 e. The summed E-state index contributed by atoms with van der Waals surface area (Å²) in [6.45, 7) is 3.33. The van der Waals surface area contributed by atoms with Crippen LogP contribution in [-0.2, 0) is 16.1 Å². The Bertz CT molecular complexity index is 724. The topological polar surface area (TPSA) is 60.5 Å². The number of halogens is 1. The third-order valence-electron chi connectivity index (χ3n) is 4.21. The first kappa shape index (κ1) is 17.9. The molecule has 2 heterocycles. The van der Waals surface area contributed by atoms with Crippen LogP contribution in [0.5, 0.6) is 0 Å². The van der Waals surface area contributed by atoms with Crippen molar-refractivity contribution in [3.05, 3.63) is 64.4 Å². The zero-order valence-electron chi connectivity index (χ0n) is 14.1. The van der Waals surface area contributed by atoms with E-state index < -0.39 is 0 Å². The van der Waals surface area contributed by atoms with Gasteiger partial charge >= 0.3 is 0 Å². The molecule has 0 bridgehead atoms. The van der Waals surface area contributed by atoms with Crippen molar-refractivity contribution in [1.82, 2.24) is 10.3 Å². The Hall–Kier alpha value is -1.95. The lowest BCUT2D eigenvalue weighted by atomic mass is 10.0. The summed E-state index contributed by atoms with van der Waals surface area (Å²) < 4.78 is 11.4. The lowest BCUT2D eigenvalue weighted by molar-refractivity contribution is -0.0743. The van der Waals surface area contributed by atoms with E-state index in [2.05, 4.69) is 10.3 Å². The second-order valence-electron chi connectivity index (χ2n) is 6.08. The summed E-state index contributed by atoms with van der Waals surface area (Å²) in [6.07, 6.45) is 2.25. The summed E-state index contributed by atoms with van der Waals surface area (Å²) in [6, 6.07) is 10.9. The van der Waals surface area contributed by atoms with Gasteiger partial charge in [0.1, 0.15) is 6.10 Å². The average molecular weight is 361 g/mol. The number of pyridine rings is 1. The molecule has 1 aromatic heterocycles. The van der Waals surface area contributed by atoms with Gasteiger partial charge in [0.2, 0.25) is 0 Å². The van der Waals surface area contributed by atoms with Gasteiger partial charge in [0.05, 0.1) is 24.9 Å². The molecule has 1 aromatic carbocycles. The molecule has 0 unspecified atom stereocenters. The monoisotopic (exact) mass is 360 g/mol. The Morgan fingerprint density at radius 3 is 3.04 bits per heavy atom. The Kier molecular flexibility index (Phi) is 6.02. The van der Waals surface area contributed by atoms with Crippen molar-refractivity contribution in [2.45, 2.75) is 32.1 Å². The molecule has 1 amide bonds. The van der Waals surface area contributed by atoms with Crippen molar-refractivity contribution in [2.75, 3.05) is 13.2 Å². The third kappa shape index (κ3) is 4.78. The minimum absolute atomic E-state index is 0.0963. The molecule has 1 aliphatic heterocycles. The first-order valence-corrected chi connectivity index (χ1v) is 8.67. The fraction of sp³-hybridized carbons (Fsp3) is 0.368. The molecule has 0 radical (unpaired) electrons. The molecule has 0 aliphatic carbocycles. The summed E-state index contributed by atoms with van der Waals surface area (Å²) in [5, 5.41) is 3.71. The number of ether oxygens (including phenoxy) is 2. The zero-order chi connectivity index (χ0) is 17.6. The van der Waals surface area contributed by atoms with Gasteiger partial charge in [0.25, 0.3) is 5.91 Å². The highest BCUT2D eigenvalue weighted by Gasteiger charge is 2.28. The number of nitrogens with zero attached hydrogens (tertiary/aromatic N) is 1. The summed E-state index contributed by atoms with van der Waals surface area (Å²) in [5.41, 5.74) is 2.33. The van der Waals surface area contributed by atoms with Gasteiger partial charge in [0, 0.05) is 23.4 Å². The molecule has 3 rings (SSSR count). The van der Waals surface area contributed by atoms with E-state index in [-0.39, 0.29) is 18.1 Å². The Labute approximate surface area is 152 Å². The molecule has 2 atom stereocenters. The molecule has 1 aliphatic rings. The van der Waals surface area contributed by atoms with Crippen molar-refractivity contribution in [3.63, 3.8) is 0 Å². The normalized spacial score (nSPS) is 20.2. The number of nitrogens with one attached hydrogen (secondary N) is 1. The van der Waals surface area contributed by atoms with E-state index in [4.69, 9.17) is 21.1 Å². The third-order valence-corrected chi connectivity index (χ3v) is 4.64. The Balaban J connectivity index is 1.62. The molecule has 1 fully saturated rings. The highest BCUT2D eigenvalue weighted by Crippen LogP contribution is 2.18. The number of carbonyl (C=O) groups excluding carboxylic acids is 1. The highest BCUT2D eigenvalue weighted by atomic mass is 35.5. The lowest BCUT2D eigenvalue weighted by Gasteiger charge is -2.32. The van der Waals surface area contributed by atoms with Crippen LogP contribution in [0.2, 0.25) is 5.02 Å². The van der Waals surface area contributed by atoms with Gasteiger partial charge in [0.15, 0.2) is 0 Å². The Morgan fingerprint density at radius 2 is 2.28 bits per heavy atom. The van der Waals surface area contributed by atoms with Gasteiger partial charge in [-0.05, 0) is 49.2 Å². The van der Waals surface area contributed by atoms with E-state index in [9.17, 15) is 4.79 Å². The lowest BCUT2D eigenvalue weighted by Crippen LogP contribution is -2.50. The van der Waals surface area contributed by atoms with Crippen molar-refractivity contribution in [3.8, 4) is 0 Å². The van der Waals surface area contributed by atoms with E-state index in [1.54, 1.807) is 24.4 Å². The van der Waals surface area contributed by atoms with E-state index in [0.717, 1.165) is 11.3 Å². The Morgan fingerprint density at radius 1 is 1.40 bits per heavy atom. The number of rotatable bonds is 5. The standard InChI is InChI=1S/C19H21ClN2O3/c1-13-10-14(5-6-16(13)20)19(23)22-17-7-9-24-12-18(17)25-11-15-4-2-3-8-21-15/h2-6,8,10,17-18H,7,9,11-12H2,1H3,(H,22,23)/t17-,18-/m0/s1. The van der Waals surface area contributed by atoms with Crippen LogP contribution in [-0.4, -0.2) is 36.3 Å². The molecular weight excluding hydrogens is 340 g/mol. The van der Waals surface area contributed by atoms with Crippen LogP contribution in [0.1, 0.15) is 28.0 Å². The molecule has 132 valence electrons. The number of hydrogen-bond acceptors (Lipinski definition) is 4. The van der Waals surface area contributed by atoms with Gasteiger partial charge in [-0.2, -0.15) is 0 Å². The average Bonchev–Trinajstić information content (AvgIpc) is 2.64. The maximum absolute atomic E-state index is 12.5. The number of amides is 1. The minimum atomic E-state index is -0.201. The number of aryl methyl sites for hydroxylation is 1. The van der Waals surface area contributed by atoms with Crippen LogP contribution in [0, 0.1) is 6.92 Å². The van der Waals surface area contributed by atoms with Crippen molar-refractivity contribution in [2.24, 2.45) is 0 Å². The van der Waals surface area contributed by atoms with Crippen LogP contribution in [0.15, 0.2) is 42.6 Å². The molecule has 25 heavy (non-hydrogen) atoms. The van der Waals surface area contributed by atoms with Gasteiger partial charge in [-0.15, -0.1) is 0 Å². The van der Waals surface area contributed by atoms with E-state index in [1.807, 2.05) is 25.1 Å². The maximum Gasteiger partial charge on any atom is 0.251 e. The van der Waals surface area contributed by atoms with Gasteiger partial charge in [-0.25, -0.2) is 0 Å². The van der Waals surface area contributed by atoms with Crippen LogP contribution in [0.4, 0.5) is 0 Å². The first-order chi connectivity index (χ1) is 12.1. The molecule has 1 saturated heterocycles. The molecule has 0 saturated carbocycles. The van der Waals surface area contributed by atoms with Gasteiger partial charge < -0.3 is 14.8 Å². The van der Waals surface area contributed by atoms with E-state index in [0.29, 0.717) is 36.8 Å². The van der Waals surface area contributed by atoms with Crippen molar-refractivity contribution in [1.29, 1.82) is 0 Å². The SMILES string of the molecule is Cc1cc(C(=O)N[C@H]2CCOC[C@@H]2OCc2ccccn2)ccc1Cl. The van der Waals surface area contributed by atoms with E-state index >= 15 is 0 Å². The summed E-state index contributed by atoms with van der Waals surface area (Å²) in [7, 11) is 0. The quantitative estimate of drug-likeness (QED) is 0.889. The summed E-state index contributed by atoms with van der Waals surface area (Å²) in [4.78, 5) is 16.8. The zero-order valence-corrected chi connectivity index (χ0v) is 14.8. The molecule has 0 spiro atoms. The second-order valence-corrected chi connectivity index (χ2v) is 6.49. The molecule has 6 heteroatoms. The number of aromatic nitrogens is 1. The minimum Gasteiger partial charge on any atom is -0.379 e. The van der Waals surface area contributed by atoms with Crippen molar-refractivity contribution < 1.29 is 14.3 Å². The van der Waals surface area contributed by atoms with E-state index in [1.165, 1.54) is 0 Å². The van der Waals surface area contributed by atoms with Crippen LogP contribution in [0.3, 0.4) is 0 Å². The first-order valence-electron chi connectivity index (χ1n) is 8.30. The predicted molar refractivity (Wildman–Crippen MR) is 95.7 cm³/mol.